The van der Waals surface area contributed by atoms with Crippen molar-refractivity contribution >= 4 is 0 Å². The SMILES string of the molecule is c1ccc2c(c1)CNCCC2N1CCCC1C1CCCC1. The molecular weight excluding hydrogens is 256 g/mol. The van der Waals surface area contributed by atoms with Crippen LogP contribution in [0.1, 0.15) is 62.1 Å². The van der Waals surface area contributed by atoms with Gasteiger partial charge in [0.25, 0.3) is 0 Å². The van der Waals surface area contributed by atoms with E-state index in [1.807, 2.05) is 0 Å². The molecule has 2 heteroatoms. The highest BCUT2D eigenvalue weighted by Gasteiger charge is 2.38. The van der Waals surface area contributed by atoms with Crippen LogP contribution in [0.5, 0.6) is 0 Å². The third-order valence-electron chi connectivity index (χ3n) is 6.01. The first kappa shape index (κ1) is 13.8. The van der Waals surface area contributed by atoms with Crippen LogP contribution in [0, 0.1) is 5.92 Å². The number of rotatable bonds is 2. The normalized spacial score (nSPS) is 31.2. The van der Waals surface area contributed by atoms with E-state index >= 15 is 0 Å². The van der Waals surface area contributed by atoms with Crippen molar-refractivity contribution in [3.8, 4) is 0 Å². The quantitative estimate of drug-likeness (QED) is 0.886. The summed E-state index contributed by atoms with van der Waals surface area (Å²) in [6.45, 7) is 3.53. The van der Waals surface area contributed by atoms with Crippen molar-refractivity contribution in [1.82, 2.24) is 10.2 Å². The molecule has 0 bridgehead atoms. The van der Waals surface area contributed by atoms with Crippen molar-refractivity contribution in [2.24, 2.45) is 5.92 Å². The van der Waals surface area contributed by atoms with Crippen LogP contribution in [0.25, 0.3) is 0 Å². The molecule has 1 saturated heterocycles. The molecule has 2 heterocycles. The van der Waals surface area contributed by atoms with Gasteiger partial charge in [-0.2, -0.15) is 0 Å². The number of nitrogens with one attached hydrogen (secondary N) is 1. The van der Waals surface area contributed by atoms with Crippen LogP contribution in [0.15, 0.2) is 24.3 Å². The van der Waals surface area contributed by atoms with E-state index in [2.05, 4.69) is 34.5 Å². The van der Waals surface area contributed by atoms with Gasteiger partial charge in [0.2, 0.25) is 0 Å². The van der Waals surface area contributed by atoms with E-state index in [4.69, 9.17) is 0 Å². The standard InChI is InChI=1S/C19H28N2/c1-2-7-15(6-1)18-10-5-13-21(18)19-11-12-20-14-16-8-3-4-9-17(16)19/h3-4,8-9,15,18-20H,1-2,5-7,10-14H2. The number of hydrogen-bond acceptors (Lipinski definition) is 2. The Bertz CT molecular complexity index is 478. The lowest BCUT2D eigenvalue weighted by Crippen LogP contribution is -2.38. The Balaban J connectivity index is 1.62. The smallest absolute Gasteiger partial charge is 0.0366 e. The molecule has 1 saturated carbocycles. The van der Waals surface area contributed by atoms with Gasteiger partial charge in [-0.15, -0.1) is 0 Å². The summed E-state index contributed by atoms with van der Waals surface area (Å²) < 4.78 is 0. The summed E-state index contributed by atoms with van der Waals surface area (Å²) in [5, 5.41) is 3.61. The molecule has 1 aliphatic carbocycles. The molecule has 114 valence electrons. The monoisotopic (exact) mass is 284 g/mol. The molecule has 0 amide bonds. The highest BCUT2D eigenvalue weighted by molar-refractivity contribution is 5.31. The Morgan fingerprint density at radius 1 is 0.952 bits per heavy atom. The molecular formula is C19H28N2. The Morgan fingerprint density at radius 3 is 2.71 bits per heavy atom. The number of benzene rings is 1. The van der Waals surface area contributed by atoms with Crippen LogP contribution in [0.4, 0.5) is 0 Å². The van der Waals surface area contributed by atoms with Crippen LogP contribution in [0.3, 0.4) is 0 Å². The summed E-state index contributed by atoms with van der Waals surface area (Å²) in [4.78, 5) is 2.89. The summed E-state index contributed by atoms with van der Waals surface area (Å²) >= 11 is 0. The second-order valence-electron chi connectivity index (χ2n) is 7.17. The predicted molar refractivity (Wildman–Crippen MR) is 87.2 cm³/mol. The van der Waals surface area contributed by atoms with Gasteiger partial charge in [0.15, 0.2) is 0 Å². The van der Waals surface area contributed by atoms with E-state index in [0.29, 0.717) is 6.04 Å². The van der Waals surface area contributed by atoms with Gasteiger partial charge < -0.3 is 5.32 Å². The number of likely N-dealkylation sites (tertiary alicyclic amines) is 1. The van der Waals surface area contributed by atoms with Gasteiger partial charge >= 0.3 is 0 Å². The average Bonchev–Trinajstić information content (AvgIpc) is 3.15. The first-order valence-electron chi connectivity index (χ1n) is 8.98. The van der Waals surface area contributed by atoms with Crippen molar-refractivity contribution in [3.05, 3.63) is 35.4 Å². The molecule has 0 aromatic heterocycles. The zero-order chi connectivity index (χ0) is 14.1. The molecule has 2 unspecified atom stereocenters. The molecule has 1 N–H and O–H groups in total. The first-order chi connectivity index (χ1) is 10.4. The fraction of sp³-hybridized carbons (Fsp3) is 0.684. The predicted octanol–water partition coefficient (Wildman–Crippen LogP) is 3.88. The van der Waals surface area contributed by atoms with Crippen LogP contribution in [-0.2, 0) is 6.54 Å². The maximum atomic E-state index is 3.61. The van der Waals surface area contributed by atoms with Crippen molar-refractivity contribution in [3.63, 3.8) is 0 Å². The Kier molecular flexibility index (Phi) is 4.00. The number of hydrogen-bond donors (Lipinski definition) is 1. The Labute approximate surface area is 128 Å². The molecule has 4 rings (SSSR count). The van der Waals surface area contributed by atoms with E-state index in [9.17, 15) is 0 Å². The summed E-state index contributed by atoms with van der Waals surface area (Å²) in [5.41, 5.74) is 3.13. The summed E-state index contributed by atoms with van der Waals surface area (Å²) in [5.74, 6) is 0.982. The lowest BCUT2D eigenvalue weighted by molar-refractivity contribution is 0.129. The van der Waals surface area contributed by atoms with Gasteiger partial charge in [0.1, 0.15) is 0 Å². The minimum absolute atomic E-state index is 0.657. The zero-order valence-corrected chi connectivity index (χ0v) is 13.1. The topological polar surface area (TPSA) is 15.3 Å². The van der Waals surface area contributed by atoms with Gasteiger partial charge in [-0.1, -0.05) is 37.1 Å². The Hall–Kier alpha value is -0.860. The van der Waals surface area contributed by atoms with Gasteiger partial charge in [-0.05, 0) is 62.2 Å². The maximum Gasteiger partial charge on any atom is 0.0366 e. The summed E-state index contributed by atoms with van der Waals surface area (Å²) in [6, 6.07) is 10.7. The van der Waals surface area contributed by atoms with Crippen LogP contribution < -0.4 is 5.32 Å². The molecule has 2 fully saturated rings. The Morgan fingerprint density at radius 2 is 1.81 bits per heavy atom. The molecule has 2 atom stereocenters. The highest BCUT2D eigenvalue weighted by atomic mass is 15.2. The van der Waals surface area contributed by atoms with E-state index in [1.54, 1.807) is 5.56 Å². The fourth-order valence-corrected chi connectivity index (χ4v) is 5.03. The summed E-state index contributed by atoms with van der Waals surface area (Å²) in [7, 11) is 0. The minimum Gasteiger partial charge on any atom is -0.313 e. The van der Waals surface area contributed by atoms with Gasteiger partial charge in [0, 0.05) is 18.6 Å². The highest BCUT2D eigenvalue weighted by Crippen LogP contribution is 2.41. The average molecular weight is 284 g/mol. The second-order valence-corrected chi connectivity index (χ2v) is 7.17. The van der Waals surface area contributed by atoms with Gasteiger partial charge in [0.05, 0.1) is 0 Å². The van der Waals surface area contributed by atoms with Crippen molar-refractivity contribution in [2.45, 2.75) is 63.6 Å². The molecule has 3 aliphatic rings. The van der Waals surface area contributed by atoms with Gasteiger partial charge in [-0.25, -0.2) is 0 Å². The molecule has 2 nitrogen and oxygen atoms in total. The maximum absolute atomic E-state index is 3.61. The number of fused-ring (bicyclic) bond motifs is 1. The molecule has 2 aliphatic heterocycles. The largest absolute Gasteiger partial charge is 0.313 e. The van der Waals surface area contributed by atoms with Crippen molar-refractivity contribution in [2.75, 3.05) is 13.1 Å². The summed E-state index contributed by atoms with van der Waals surface area (Å²) in [6.07, 6.45) is 10.0. The van der Waals surface area contributed by atoms with Crippen LogP contribution in [-0.4, -0.2) is 24.0 Å². The first-order valence-corrected chi connectivity index (χ1v) is 8.98. The van der Waals surface area contributed by atoms with Crippen LogP contribution in [0.2, 0.25) is 0 Å². The lowest BCUT2D eigenvalue weighted by Gasteiger charge is -2.36. The van der Waals surface area contributed by atoms with Crippen LogP contribution >= 0.6 is 0 Å². The second kappa shape index (κ2) is 6.10. The van der Waals surface area contributed by atoms with Crippen molar-refractivity contribution < 1.29 is 0 Å². The van der Waals surface area contributed by atoms with E-state index in [-0.39, 0.29) is 0 Å². The fourth-order valence-electron chi connectivity index (χ4n) is 5.03. The molecule has 0 spiro atoms. The molecule has 1 aromatic rings. The molecule has 1 aromatic carbocycles. The lowest BCUT2D eigenvalue weighted by atomic mass is 9.92. The van der Waals surface area contributed by atoms with Gasteiger partial charge in [-0.3, -0.25) is 4.90 Å². The minimum atomic E-state index is 0.657. The third-order valence-corrected chi connectivity index (χ3v) is 6.01. The van der Waals surface area contributed by atoms with E-state index in [0.717, 1.165) is 25.0 Å². The third kappa shape index (κ3) is 2.64. The van der Waals surface area contributed by atoms with E-state index in [1.165, 1.54) is 57.1 Å². The molecule has 21 heavy (non-hydrogen) atoms. The molecule has 0 radical (unpaired) electrons. The van der Waals surface area contributed by atoms with Crippen molar-refractivity contribution in [1.29, 1.82) is 0 Å². The number of nitrogens with zero attached hydrogens (tertiary/aromatic N) is 1. The zero-order valence-electron chi connectivity index (χ0n) is 13.1. The van der Waals surface area contributed by atoms with E-state index < -0.39 is 0 Å².